The molecular weight excluding hydrogens is 344 g/mol. The molecule has 0 unspecified atom stereocenters. The quantitative estimate of drug-likeness (QED) is 0.532. The molecule has 2 aromatic carbocycles. The summed E-state index contributed by atoms with van der Waals surface area (Å²) in [5.41, 5.74) is 7.76. The van der Waals surface area contributed by atoms with Crippen LogP contribution in [-0.2, 0) is 10.8 Å². The lowest BCUT2D eigenvalue weighted by atomic mass is 9.72. The Kier molecular flexibility index (Phi) is 4.21. The zero-order valence-electron chi connectivity index (χ0n) is 15.0. The van der Waals surface area contributed by atoms with Crippen LogP contribution in [0.5, 0.6) is 0 Å². The number of rotatable bonds is 4. The second-order valence-corrected chi connectivity index (χ2v) is 8.39. The van der Waals surface area contributed by atoms with Crippen LogP contribution in [0.15, 0.2) is 40.9 Å². The van der Waals surface area contributed by atoms with Crippen molar-refractivity contribution in [2.75, 3.05) is 0 Å². The van der Waals surface area contributed by atoms with E-state index in [-0.39, 0.29) is 10.8 Å². The van der Waals surface area contributed by atoms with Crippen LogP contribution in [0.1, 0.15) is 70.6 Å². The molecule has 3 rings (SSSR count). The Labute approximate surface area is 149 Å². The van der Waals surface area contributed by atoms with Crippen molar-refractivity contribution in [3.63, 3.8) is 0 Å². The second kappa shape index (κ2) is 5.77. The lowest BCUT2D eigenvalue weighted by Gasteiger charge is -2.31. The van der Waals surface area contributed by atoms with E-state index in [4.69, 9.17) is 0 Å². The van der Waals surface area contributed by atoms with Crippen LogP contribution in [0.2, 0.25) is 0 Å². The molecule has 0 bridgehead atoms. The normalized spacial score (nSPS) is 15.4. The SMILES string of the molecule is CCC(C)(C)c1ccc2c(c1)C(CC)(CC)c1cc(Br)ccc1-2. The van der Waals surface area contributed by atoms with Gasteiger partial charge >= 0.3 is 0 Å². The number of hydrogen-bond acceptors (Lipinski definition) is 0. The average Bonchev–Trinajstić information content (AvgIpc) is 2.83. The molecule has 0 radical (unpaired) electrons. The first kappa shape index (κ1) is 16.8. The molecule has 2 aromatic rings. The van der Waals surface area contributed by atoms with Crippen LogP contribution in [0.25, 0.3) is 11.1 Å². The summed E-state index contributed by atoms with van der Waals surface area (Å²) in [6.07, 6.45) is 3.46. The molecule has 1 heteroatoms. The van der Waals surface area contributed by atoms with Gasteiger partial charge in [0.2, 0.25) is 0 Å². The summed E-state index contributed by atoms with van der Waals surface area (Å²) in [6.45, 7) is 11.7. The Morgan fingerprint density at radius 2 is 1.43 bits per heavy atom. The molecule has 0 nitrogen and oxygen atoms in total. The molecule has 0 saturated heterocycles. The van der Waals surface area contributed by atoms with Gasteiger partial charge in [-0.3, -0.25) is 0 Å². The minimum atomic E-state index is 0.161. The maximum atomic E-state index is 3.68. The molecule has 0 fully saturated rings. The Balaban J connectivity index is 2.29. The molecule has 0 saturated carbocycles. The Hall–Kier alpha value is -1.08. The molecule has 0 spiro atoms. The largest absolute Gasteiger partial charge is 0.0646 e. The molecule has 0 heterocycles. The van der Waals surface area contributed by atoms with Crippen LogP contribution >= 0.6 is 15.9 Å². The zero-order chi connectivity index (χ0) is 16.8. The highest BCUT2D eigenvalue weighted by Crippen LogP contribution is 2.53. The number of hydrogen-bond donors (Lipinski definition) is 0. The Bertz CT molecular complexity index is 736. The van der Waals surface area contributed by atoms with Crippen LogP contribution in [0.4, 0.5) is 0 Å². The van der Waals surface area contributed by atoms with E-state index in [1.54, 1.807) is 0 Å². The predicted molar refractivity (Wildman–Crippen MR) is 104 cm³/mol. The van der Waals surface area contributed by atoms with Crippen molar-refractivity contribution in [3.8, 4) is 11.1 Å². The highest BCUT2D eigenvalue weighted by Gasteiger charge is 2.41. The third-order valence-corrected chi connectivity index (χ3v) is 6.69. The maximum absolute atomic E-state index is 3.68. The summed E-state index contributed by atoms with van der Waals surface area (Å²) >= 11 is 3.68. The number of halogens is 1. The minimum absolute atomic E-state index is 0.161. The molecule has 0 N–H and O–H groups in total. The van der Waals surface area contributed by atoms with Crippen molar-refractivity contribution in [3.05, 3.63) is 57.6 Å². The molecule has 0 amide bonds. The van der Waals surface area contributed by atoms with E-state index in [9.17, 15) is 0 Å². The fourth-order valence-electron chi connectivity index (χ4n) is 4.10. The van der Waals surface area contributed by atoms with Gasteiger partial charge in [-0.05, 0) is 64.6 Å². The smallest absolute Gasteiger partial charge is 0.0210 e. The van der Waals surface area contributed by atoms with Gasteiger partial charge in [0, 0.05) is 9.89 Å². The van der Waals surface area contributed by atoms with Crippen molar-refractivity contribution < 1.29 is 0 Å². The van der Waals surface area contributed by atoms with E-state index < -0.39 is 0 Å². The highest BCUT2D eigenvalue weighted by atomic mass is 79.9. The topological polar surface area (TPSA) is 0 Å². The van der Waals surface area contributed by atoms with E-state index in [2.05, 4.69) is 86.9 Å². The van der Waals surface area contributed by atoms with Gasteiger partial charge in [-0.25, -0.2) is 0 Å². The average molecular weight is 371 g/mol. The third-order valence-electron chi connectivity index (χ3n) is 6.19. The molecule has 0 aromatic heterocycles. The number of fused-ring (bicyclic) bond motifs is 3. The Morgan fingerprint density at radius 1 is 0.870 bits per heavy atom. The monoisotopic (exact) mass is 370 g/mol. The summed E-state index contributed by atoms with van der Waals surface area (Å²) in [6, 6.07) is 14.0. The minimum Gasteiger partial charge on any atom is -0.0646 e. The lowest BCUT2D eigenvalue weighted by Crippen LogP contribution is -2.24. The number of benzene rings is 2. The van der Waals surface area contributed by atoms with Gasteiger partial charge in [-0.2, -0.15) is 0 Å². The van der Waals surface area contributed by atoms with Crippen molar-refractivity contribution in [2.24, 2.45) is 0 Å². The van der Waals surface area contributed by atoms with Gasteiger partial charge < -0.3 is 0 Å². The van der Waals surface area contributed by atoms with Crippen LogP contribution < -0.4 is 0 Å². The first-order chi connectivity index (χ1) is 10.9. The van der Waals surface area contributed by atoms with Gasteiger partial charge in [-0.15, -0.1) is 0 Å². The van der Waals surface area contributed by atoms with Crippen LogP contribution in [-0.4, -0.2) is 0 Å². The predicted octanol–water partition coefficient (Wildman–Crippen LogP) is 7.22. The summed E-state index contributed by atoms with van der Waals surface area (Å²) in [5.74, 6) is 0. The van der Waals surface area contributed by atoms with Crippen molar-refractivity contribution in [1.29, 1.82) is 0 Å². The molecule has 0 aliphatic heterocycles. The molecule has 23 heavy (non-hydrogen) atoms. The van der Waals surface area contributed by atoms with Crippen molar-refractivity contribution in [2.45, 2.75) is 64.7 Å². The van der Waals surface area contributed by atoms with Gasteiger partial charge in [0.05, 0.1) is 0 Å². The highest BCUT2D eigenvalue weighted by molar-refractivity contribution is 9.10. The Morgan fingerprint density at radius 3 is 2.00 bits per heavy atom. The second-order valence-electron chi connectivity index (χ2n) is 7.48. The molecule has 1 aliphatic carbocycles. The van der Waals surface area contributed by atoms with E-state index in [1.165, 1.54) is 32.3 Å². The summed E-state index contributed by atoms with van der Waals surface area (Å²) < 4.78 is 1.18. The summed E-state index contributed by atoms with van der Waals surface area (Å²) in [5, 5.41) is 0. The van der Waals surface area contributed by atoms with Crippen LogP contribution in [0, 0.1) is 0 Å². The van der Waals surface area contributed by atoms with Crippen molar-refractivity contribution >= 4 is 15.9 Å². The molecule has 0 atom stereocenters. The summed E-state index contributed by atoms with van der Waals surface area (Å²) in [7, 11) is 0. The zero-order valence-corrected chi connectivity index (χ0v) is 16.5. The van der Waals surface area contributed by atoms with E-state index in [1.807, 2.05) is 0 Å². The van der Waals surface area contributed by atoms with Gasteiger partial charge in [-0.1, -0.05) is 74.8 Å². The lowest BCUT2D eigenvalue weighted by molar-refractivity contribution is 0.480. The van der Waals surface area contributed by atoms with Gasteiger partial charge in [0.25, 0.3) is 0 Å². The fourth-order valence-corrected chi connectivity index (χ4v) is 4.47. The van der Waals surface area contributed by atoms with E-state index in [0.717, 1.165) is 19.3 Å². The first-order valence-electron chi connectivity index (χ1n) is 8.85. The fraction of sp³-hybridized carbons (Fsp3) is 0.455. The van der Waals surface area contributed by atoms with Crippen LogP contribution in [0.3, 0.4) is 0 Å². The van der Waals surface area contributed by atoms with E-state index >= 15 is 0 Å². The summed E-state index contributed by atoms with van der Waals surface area (Å²) in [4.78, 5) is 0. The molecule has 122 valence electrons. The first-order valence-corrected chi connectivity index (χ1v) is 9.64. The third kappa shape index (κ3) is 2.39. The maximum Gasteiger partial charge on any atom is 0.0210 e. The molecule has 1 aliphatic rings. The van der Waals surface area contributed by atoms with Gasteiger partial charge in [0.15, 0.2) is 0 Å². The van der Waals surface area contributed by atoms with Gasteiger partial charge in [0.1, 0.15) is 0 Å². The van der Waals surface area contributed by atoms with E-state index in [0.29, 0.717) is 0 Å². The molecular formula is C22H27Br. The standard InChI is InChI=1S/C22H27Br/c1-6-21(4,5)15-9-11-17-18-12-10-16(23)14-20(18)22(7-2,8-3)19(17)13-15/h9-14H,6-8H2,1-5H3. The van der Waals surface area contributed by atoms with Crippen molar-refractivity contribution in [1.82, 2.24) is 0 Å².